The van der Waals surface area contributed by atoms with Crippen LogP contribution in [0.2, 0.25) is 0 Å². The van der Waals surface area contributed by atoms with Crippen LogP contribution in [0.3, 0.4) is 0 Å². The Morgan fingerprint density at radius 1 is 1.28 bits per heavy atom. The lowest BCUT2D eigenvalue weighted by molar-refractivity contribution is 0.0717. The molecule has 0 N–H and O–H groups in total. The number of hydrogen-bond donors (Lipinski definition) is 0. The lowest BCUT2D eigenvalue weighted by Gasteiger charge is -2.27. The molecule has 0 aromatic carbocycles. The van der Waals surface area contributed by atoms with E-state index in [0.29, 0.717) is 11.6 Å². The smallest absolute Gasteiger partial charge is 0.255 e. The van der Waals surface area contributed by atoms with E-state index in [1.807, 2.05) is 7.05 Å². The van der Waals surface area contributed by atoms with E-state index in [1.165, 1.54) is 44.0 Å². The maximum atomic E-state index is 12.7. The molecule has 1 amide bonds. The minimum Gasteiger partial charge on any atom is -0.339 e. The first-order chi connectivity index (χ1) is 8.68. The van der Waals surface area contributed by atoms with Crippen LogP contribution in [0.4, 0.5) is 4.39 Å². The van der Waals surface area contributed by atoms with Crippen LogP contribution in [-0.4, -0.2) is 28.9 Å². The third-order valence-corrected chi connectivity index (χ3v) is 3.67. The molecule has 1 aromatic rings. The lowest BCUT2D eigenvalue weighted by Crippen LogP contribution is -2.36. The number of carbonyl (C=O) groups is 1. The summed E-state index contributed by atoms with van der Waals surface area (Å²) in [4.78, 5) is 17.6. The minimum atomic E-state index is -0.552. The Kier molecular flexibility index (Phi) is 4.28. The molecule has 0 radical (unpaired) electrons. The second-order valence-electron chi connectivity index (χ2n) is 4.93. The fourth-order valence-electron chi connectivity index (χ4n) is 2.52. The highest BCUT2D eigenvalue weighted by molar-refractivity contribution is 5.93. The van der Waals surface area contributed by atoms with Gasteiger partial charge in [0.1, 0.15) is 0 Å². The second-order valence-corrected chi connectivity index (χ2v) is 4.93. The number of halogens is 1. The van der Waals surface area contributed by atoms with Gasteiger partial charge in [-0.1, -0.05) is 25.7 Å². The molecule has 1 fully saturated rings. The van der Waals surface area contributed by atoms with Gasteiger partial charge in [0, 0.05) is 19.3 Å². The number of hydrogen-bond acceptors (Lipinski definition) is 2. The molecule has 4 heteroatoms. The van der Waals surface area contributed by atoms with Crippen molar-refractivity contribution in [3.05, 3.63) is 29.8 Å². The van der Waals surface area contributed by atoms with Crippen LogP contribution in [0, 0.1) is 5.95 Å². The quantitative estimate of drug-likeness (QED) is 0.597. The van der Waals surface area contributed by atoms with Crippen LogP contribution >= 0.6 is 0 Å². The van der Waals surface area contributed by atoms with Crippen molar-refractivity contribution in [2.24, 2.45) is 0 Å². The first-order valence-corrected chi connectivity index (χ1v) is 6.57. The monoisotopic (exact) mass is 250 g/mol. The van der Waals surface area contributed by atoms with Gasteiger partial charge in [0.15, 0.2) is 0 Å². The maximum Gasteiger partial charge on any atom is 0.255 e. The van der Waals surface area contributed by atoms with Crippen molar-refractivity contribution in [1.29, 1.82) is 0 Å². The summed E-state index contributed by atoms with van der Waals surface area (Å²) in [6, 6.07) is 3.04. The summed E-state index contributed by atoms with van der Waals surface area (Å²) in [6.07, 6.45) is 8.33. The van der Waals surface area contributed by atoms with Gasteiger partial charge in [-0.15, -0.1) is 0 Å². The minimum absolute atomic E-state index is 0.0607. The van der Waals surface area contributed by atoms with E-state index in [4.69, 9.17) is 0 Å². The number of pyridine rings is 1. The van der Waals surface area contributed by atoms with E-state index in [-0.39, 0.29) is 5.91 Å². The number of amides is 1. The van der Waals surface area contributed by atoms with Crippen molar-refractivity contribution in [1.82, 2.24) is 9.88 Å². The van der Waals surface area contributed by atoms with Crippen LogP contribution in [-0.2, 0) is 0 Å². The highest BCUT2D eigenvalue weighted by atomic mass is 19.1. The fourth-order valence-corrected chi connectivity index (χ4v) is 2.52. The fraction of sp³-hybridized carbons (Fsp3) is 0.571. The Morgan fingerprint density at radius 3 is 2.50 bits per heavy atom. The summed E-state index contributed by atoms with van der Waals surface area (Å²) in [5.74, 6) is -0.613. The number of rotatable bonds is 2. The van der Waals surface area contributed by atoms with Gasteiger partial charge in [-0.05, 0) is 25.0 Å². The van der Waals surface area contributed by atoms with Crippen LogP contribution in [0.1, 0.15) is 48.9 Å². The SMILES string of the molecule is CN(C(=O)c1ccc(F)nc1)C1CCCCCC1. The Balaban J connectivity index is 2.05. The van der Waals surface area contributed by atoms with Crippen molar-refractivity contribution in [3.8, 4) is 0 Å². The molecule has 0 bridgehead atoms. The molecular weight excluding hydrogens is 231 g/mol. The molecule has 0 spiro atoms. The highest BCUT2D eigenvalue weighted by Crippen LogP contribution is 2.22. The molecule has 0 aliphatic heterocycles. The highest BCUT2D eigenvalue weighted by Gasteiger charge is 2.22. The van der Waals surface area contributed by atoms with Crippen molar-refractivity contribution in [2.75, 3.05) is 7.05 Å². The summed E-state index contributed by atoms with van der Waals surface area (Å²) in [6.45, 7) is 0. The Morgan fingerprint density at radius 2 is 1.94 bits per heavy atom. The third-order valence-electron chi connectivity index (χ3n) is 3.67. The number of carbonyl (C=O) groups excluding carboxylic acids is 1. The number of aromatic nitrogens is 1. The molecule has 0 saturated heterocycles. The van der Waals surface area contributed by atoms with E-state index in [0.717, 1.165) is 12.8 Å². The molecule has 18 heavy (non-hydrogen) atoms. The molecule has 2 rings (SSSR count). The molecule has 1 aliphatic carbocycles. The predicted molar refractivity (Wildman–Crippen MR) is 67.8 cm³/mol. The van der Waals surface area contributed by atoms with Gasteiger partial charge >= 0.3 is 0 Å². The normalized spacial score (nSPS) is 17.2. The van der Waals surface area contributed by atoms with E-state index in [1.54, 1.807) is 4.90 Å². The molecular formula is C14H19FN2O. The van der Waals surface area contributed by atoms with E-state index >= 15 is 0 Å². The molecule has 1 aromatic heterocycles. The molecule has 1 saturated carbocycles. The lowest BCUT2D eigenvalue weighted by atomic mass is 10.1. The van der Waals surface area contributed by atoms with Crippen LogP contribution < -0.4 is 0 Å². The van der Waals surface area contributed by atoms with Gasteiger partial charge in [0.05, 0.1) is 5.56 Å². The summed E-state index contributed by atoms with van der Waals surface area (Å²) in [7, 11) is 1.83. The summed E-state index contributed by atoms with van der Waals surface area (Å²) < 4.78 is 12.7. The second kappa shape index (κ2) is 5.94. The van der Waals surface area contributed by atoms with E-state index < -0.39 is 5.95 Å². The molecule has 1 aliphatic rings. The molecule has 0 unspecified atom stereocenters. The maximum absolute atomic E-state index is 12.7. The van der Waals surface area contributed by atoms with Crippen molar-refractivity contribution < 1.29 is 9.18 Å². The first kappa shape index (κ1) is 13.0. The van der Waals surface area contributed by atoms with E-state index in [9.17, 15) is 9.18 Å². The van der Waals surface area contributed by atoms with Gasteiger partial charge in [0.25, 0.3) is 5.91 Å². The van der Waals surface area contributed by atoms with Gasteiger partial charge in [-0.2, -0.15) is 4.39 Å². The summed E-state index contributed by atoms with van der Waals surface area (Å²) in [5, 5.41) is 0. The van der Waals surface area contributed by atoms with Crippen LogP contribution in [0.25, 0.3) is 0 Å². The van der Waals surface area contributed by atoms with Crippen molar-refractivity contribution >= 4 is 5.91 Å². The first-order valence-electron chi connectivity index (χ1n) is 6.57. The molecule has 0 atom stereocenters. The van der Waals surface area contributed by atoms with Crippen molar-refractivity contribution in [2.45, 2.75) is 44.6 Å². The zero-order valence-electron chi connectivity index (χ0n) is 10.7. The van der Waals surface area contributed by atoms with Crippen LogP contribution in [0.15, 0.2) is 18.3 Å². The van der Waals surface area contributed by atoms with Crippen LogP contribution in [0.5, 0.6) is 0 Å². The Hall–Kier alpha value is -1.45. The largest absolute Gasteiger partial charge is 0.339 e. The third kappa shape index (κ3) is 3.06. The van der Waals surface area contributed by atoms with E-state index in [2.05, 4.69) is 4.98 Å². The predicted octanol–water partition coefficient (Wildman–Crippen LogP) is 3.02. The molecule has 98 valence electrons. The Labute approximate surface area is 107 Å². The standard InChI is InChI=1S/C14H19FN2O/c1-17(12-6-4-2-3-5-7-12)14(18)11-8-9-13(15)16-10-11/h8-10,12H,2-7H2,1H3. The summed E-state index contributed by atoms with van der Waals surface area (Å²) in [5.41, 5.74) is 0.461. The molecule has 3 nitrogen and oxygen atoms in total. The Bertz CT molecular complexity index is 397. The van der Waals surface area contributed by atoms with Crippen molar-refractivity contribution in [3.63, 3.8) is 0 Å². The molecule has 1 heterocycles. The average Bonchev–Trinajstić information content (AvgIpc) is 2.67. The topological polar surface area (TPSA) is 33.2 Å². The zero-order chi connectivity index (χ0) is 13.0. The number of nitrogens with zero attached hydrogens (tertiary/aromatic N) is 2. The van der Waals surface area contributed by atoms with Gasteiger partial charge < -0.3 is 4.90 Å². The van der Waals surface area contributed by atoms with Gasteiger partial charge in [0.2, 0.25) is 5.95 Å². The van der Waals surface area contributed by atoms with Gasteiger partial charge in [-0.25, -0.2) is 4.98 Å². The van der Waals surface area contributed by atoms with Gasteiger partial charge in [-0.3, -0.25) is 4.79 Å². The summed E-state index contributed by atoms with van der Waals surface area (Å²) >= 11 is 0. The zero-order valence-corrected chi connectivity index (χ0v) is 10.7. The average molecular weight is 250 g/mol.